The second-order valence-corrected chi connectivity index (χ2v) is 5.37. The van der Waals surface area contributed by atoms with Crippen LogP contribution in [-0.2, 0) is 9.47 Å². The molecule has 1 saturated heterocycles. The minimum Gasteiger partial charge on any atom is -0.378 e. The van der Waals surface area contributed by atoms with Crippen molar-refractivity contribution in [2.75, 3.05) is 26.9 Å². The SMILES string of the molecule is COC1(CN=C(N)NC2CCCCC2)CCOC1.I. The van der Waals surface area contributed by atoms with Crippen molar-refractivity contribution in [2.45, 2.75) is 50.2 Å². The molecule has 0 amide bonds. The van der Waals surface area contributed by atoms with Gasteiger partial charge < -0.3 is 20.5 Å². The normalized spacial score (nSPS) is 29.0. The van der Waals surface area contributed by atoms with Crippen molar-refractivity contribution >= 4 is 29.9 Å². The number of hydrogen-bond acceptors (Lipinski definition) is 3. The fraction of sp³-hybridized carbons (Fsp3) is 0.923. The van der Waals surface area contributed by atoms with Crippen LogP contribution < -0.4 is 11.1 Å². The van der Waals surface area contributed by atoms with Crippen molar-refractivity contribution in [3.05, 3.63) is 0 Å². The quantitative estimate of drug-likeness (QED) is 0.440. The van der Waals surface area contributed by atoms with E-state index in [-0.39, 0.29) is 29.6 Å². The molecule has 2 aliphatic rings. The maximum atomic E-state index is 5.94. The summed E-state index contributed by atoms with van der Waals surface area (Å²) in [6, 6.07) is 0.501. The first kappa shape index (κ1) is 17.0. The molecule has 0 radical (unpaired) electrons. The van der Waals surface area contributed by atoms with Crippen LogP contribution in [0.25, 0.3) is 0 Å². The van der Waals surface area contributed by atoms with Crippen molar-refractivity contribution < 1.29 is 9.47 Å². The maximum Gasteiger partial charge on any atom is 0.188 e. The van der Waals surface area contributed by atoms with Gasteiger partial charge in [0.25, 0.3) is 0 Å². The first-order chi connectivity index (χ1) is 8.74. The summed E-state index contributed by atoms with van der Waals surface area (Å²) in [7, 11) is 1.72. The highest BCUT2D eigenvalue weighted by molar-refractivity contribution is 14.0. The molecular formula is C13H26IN3O2. The van der Waals surface area contributed by atoms with Crippen LogP contribution in [0.3, 0.4) is 0 Å². The largest absolute Gasteiger partial charge is 0.378 e. The van der Waals surface area contributed by atoms with Crippen molar-refractivity contribution in [3.63, 3.8) is 0 Å². The van der Waals surface area contributed by atoms with Crippen molar-refractivity contribution in [1.82, 2.24) is 5.32 Å². The molecule has 0 aromatic heterocycles. The molecule has 19 heavy (non-hydrogen) atoms. The third-order valence-electron chi connectivity index (χ3n) is 3.99. The number of hydrogen-bond donors (Lipinski definition) is 2. The van der Waals surface area contributed by atoms with Crippen molar-refractivity contribution in [1.29, 1.82) is 0 Å². The van der Waals surface area contributed by atoms with Gasteiger partial charge >= 0.3 is 0 Å². The lowest BCUT2D eigenvalue weighted by atomic mass is 9.96. The number of aliphatic imine (C=N–C) groups is 1. The lowest BCUT2D eigenvalue weighted by Gasteiger charge is -2.25. The predicted octanol–water partition coefficient (Wildman–Crippen LogP) is 1.65. The average Bonchev–Trinajstić information content (AvgIpc) is 2.87. The van der Waals surface area contributed by atoms with Gasteiger partial charge in [0.2, 0.25) is 0 Å². The maximum absolute atomic E-state index is 5.94. The molecule has 3 N–H and O–H groups in total. The van der Waals surface area contributed by atoms with E-state index in [4.69, 9.17) is 15.2 Å². The molecule has 2 rings (SSSR count). The molecule has 0 aromatic carbocycles. The van der Waals surface area contributed by atoms with Crippen LogP contribution in [0.5, 0.6) is 0 Å². The Morgan fingerprint density at radius 1 is 1.42 bits per heavy atom. The van der Waals surface area contributed by atoms with E-state index >= 15 is 0 Å². The number of ether oxygens (including phenoxy) is 2. The number of guanidine groups is 1. The second-order valence-electron chi connectivity index (χ2n) is 5.37. The number of nitrogens with two attached hydrogens (primary N) is 1. The van der Waals surface area contributed by atoms with Crippen LogP contribution in [0.2, 0.25) is 0 Å². The van der Waals surface area contributed by atoms with E-state index in [0.717, 1.165) is 13.0 Å². The van der Waals surface area contributed by atoms with E-state index in [0.29, 0.717) is 25.2 Å². The smallest absolute Gasteiger partial charge is 0.188 e. The third-order valence-corrected chi connectivity index (χ3v) is 3.99. The summed E-state index contributed by atoms with van der Waals surface area (Å²) in [5, 5.41) is 3.32. The molecule has 5 nitrogen and oxygen atoms in total. The summed E-state index contributed by atoms with van der Waals surface area (Å²) in [6.45, 7) is 1.94. The Morgan fingerprint density at radius 2 is 2.16 bits per heavy atom. The predicted molar refractivity (Wildman–Crippen MR) is 87.1 cm³/mol. The van der Waals surface area contributed by atoms with Crippen LogP contribution in [-0.4, -0.2) is 44.5 Å². The van der Waals surface area contributed by atoms with Gasteiger partial charge in [0.15, 0.2) is 5.96 Å². The van der Waals surface area contributed by atoms with E-state index in [2.05, 4.69) is 10.3 Å². The molecule has 2 fully saturated rings. The number of halogens is 1. The van der Waals surface area contributed by atoms with Crippen LogP contribution >= 0.6 is 24.0 Å². The highest BCUT2D eigenvalue weighted by Crippen LogP contribution is 2.22. The fourth-order valence-corrected chi connectivity index (χ4v) is 2.67. The Balaban J connectivity index is 0.00000180. The molecule has 1 atom stereocenters. The molecule has 0 spiro atoms. The summed E-state index contributed by atoms with van der Waals surface area (Å²) in [5.74, 6) is 0.547. The molecule has 6 heteroatoms. The molecule has 1 heterocycles. The van der Waals surface area contributed by atoms with Gasteiger partial charge in [-0.2, -0.15) is 0 Å². The highest BCUT2D eigenvalue weighted by Gasteiger charge is 2.34. The lowest BCUT2D eigenvalue weighted by Crippen LogP contribution is -2.43. The van der Waals surface area contributed by atoms with Gasteiger partial charge in [-0.05, 0) is 12.8 Å². The molecule has 1 aliphatic heterocycles. The molecule has 0 bridgehead atoms. The van der Waals surface area contributed by atoms with E-state index in [1.54, 1.807) is 7.11 Å². The van der Waals surface area contributed by atoms with Crippen LogP contribution in [0, 0.1) is 0 Å². The topological polar surface area (TPSA) is 68.9 Å². The van der Waals surface area contributed by atoms with Gasteiger partial charge in [-0.1, -0.05) is 19.3 Å². The molecular weight excluding hydrogens is 357 g/mol. The monoisotopic (exact) mass is 383 g/mol. The van der Waals surface area contributed by atoms with Gasteiger partial charge in [-0.25, -0.2) is 0 Å². The highest BCUT2D eigenvalue weighted by atomic mass is 127. The molecule has 0 aromatic rings. The number of nitrogens with zero attached hydrogens (tertiary/aromatic N) is 1. The van der Waals surface area contributed by atoms with Crippen LogP contribution in [0.1, 0.15) is 38.5 Å². The zero-order chi connectivity index (χ0) is 12.8. The Kier molecular flexibility index (Phi) is 7.38. The van der Waals surface area contributed by atoms with E-state index < -0.39 is 0 Å². The van der Waals surface area contributed by atoms with Gasteiger partial charge in [0.05, 0.1) is 13.2 Å². The minimum absolute atomic E-state index is 0. The first-order valence-electron chi connectivity index (χ1n) is 6.93. The summed E-state index contributed by atoms with van der Waals surface area (Å²) < 4.78 is 10.9. The molecule has 112 valence electrons. The minimum atomic E-state index is -0.265. The fourth-order valence-electron chi connectivity index (χ4n) is 2.67. The molecule has 1 aliphatic carbocycles. The van der Waals surface area contributed by atoms with E-state index in [1.807, 2.05) is 0 Å². The summed E-state index contributed by atoms with van der Waals surface area (Å²) in [5.41, 5.74) is 5.67. The first-order valence-corrected chi connectivity index (χ1v) is 6.93. The lowest BCUT2D eigenvalue weighted by molar-refractivity contribution is -0.00906. The molecule has 1 saturated carbocycles. The number of nitrogens with one attached hydrogen (secondary N) is 1. The van der Waals surface area contributed by atoms with Crippen molar-refractivity contribution in [2.24, 2.45) is 10.7 Å². The number of methoxy groups -OCH3 is 1. The average molecular weight is 383 g/mol. The molecule has 1 unspecified atom stereocenters. The Hall–Kier alpha value is -0.0800. The van der Waals surface area contributed by atoms with Gasteiger partial charge in [-0.3, -0.25) is 4.99 Å². The van der Waals surface area contributed by atoms with E-state index in [9.17, 15) is 0 Å². The summed E-state index contributed by atoms with van der Waals surface area (Å²) in [6.07, 6.45) is 7.23. The van der Waals surface area contributed by atoms with Crippen molar-refractivity contribution in [3.8, 4) is 0 Å². The second kappa shape index (κ2) is 8.26. The van der Waals surface area contributed by atoms with Gasteiger partial charge in [0.1, 0.15) is 5.60 Å². The standard InChI is InChI=1S/C13H25N3O2.HI/c1-17-13(7-8-18-10-13)9-15-12(14)16-11-5-3-2-4-6-11;/h11H,2-10H2,1H3,(H3,14,15,16);1H. The third kappa shape index (κ3) is 5.07. The van der Waals surface area contributed by atoms with Gasteiger partial charge in [-0.15, -0.1) is 24.0 Å². The summed E-state index contributed by atoms with van der Waals surface area (Å²) in [4.78, 5) is 4.42. The Bertz CT molecular complexity index is 288. The Labute approximate surface area is 132 Å². The summed E-state index contributed by atoms with van der Waals surface area (Å²) >= 11 is 0. The van der Waals surface area contributed by atoms with Crippen LogP contribution in [0.4, 0.5) is 0 Å². The van der Waals surface area contributed by atoms with E-state index in [1.165, 1.54) is 32.1 Å². The zero-order valence-corrected chi connectivity index (χ0v) is 14.0. The number of rotatable bonds is 4. The van der Waals surface area contributed by atoms with Crippen LogP contribution in [0.15, 0.2) is 4.99 Å². The zero-order valence-electron chi connectivity index (χ0n) is 11.7. The Morgan fingerprint density at radius 3 is 2.74 bits per heavy atom. The van der Waals surface area contributed by atoms with Gasteiger partial charge in [0, 0.05) is 26.2 Å².